The number of hydrogen-bond acceptors (Lipinski definition) is 1. The number of carbonyl (C=O) groups excluding carboxylic acids is 1. The van der Waals surface area contributed by atoms with E-state index >= 15 is 0 Å². The number of carbonyl (C=O) groups is 1. The maximum Gasteiger partial charge on any atom is 0.124 e. The summed E-state index contributed by atoms with van der Waals surface area (Å²) in [5.41, 5.74) is 2.41. The molecule has 1 saturated carbocycles. The first kappa shape index (κ1) is 9.64. The highest BCUT2D eigenvalue weighted by Crippen LogP contribution is 2.32. The molecule has 1 heterocycles. The SMILES string of the molecule is O=CCc1cccc2c1ccn2CC1CC1. The van der Waals surface area contributed by atoms with Crippen LogP contribution in [-0.2, 0) is 17.8 Å². The second-order valence-corrected chi connectivity index (χ2v) is 4.63. The predicted molar refractivity (Wildman–Crippen MR) is 64.4 cm³/mol. The third kappa shape index (κ3) is 1.64. The maximum absolute atomic E-state index is 10.6. The lowest BCUT2D eigenvalue weighted by Gasteiger charge is -2.04. The molecule has 2 heteroatoms. The van der Waals surface area contributed by atoms with Crippen molar-refractivity contribution in [2.75, 3.05) is 0 Å². The van der Waals surface area contributed by atoms with E-state index < -0.39 is 0 Å². The van der Waals surface area contributed by atoms with Gasteiger partial charge in [0.1, 0.15) is 6.29 Å². The number of benzene rings is 1. The van der Waals surface area contributed by atoms with Crippen LogP contribution in [0.2, 0.25) is 0 Å². The van der Waals surface area contributed by atoms with Gasteiger partial charge in [0.05, 0.1) is 0 Å². The first-order valence-electron chi connectivity index (χ1n) is 5.89. The standard InChI is InChI=1S/C14H15NO/c16-9-7-12-2-1-3-14-13(12)6-8-15(14)10-11-4-5-11/h1-3,6,8-9,11H,4-5,7,10H2. The Morgan fingerprint density at radius 1 is 1.31 bits per heavy atom. The molecule has 0 amide bonds. The molecule has 1 aromatic carbocycles. The number of hydrogen-bond donors (Lipinski definition) is 0. The molecule has 0 bridgehead atoms. The van der Waals surface area contributed by atoms with Crippen LogP contribution in [0.1, 0.15) is 18.4 Å². The van der Waals surface area contributed by atoms with Gasteiger partial charge in [0.25, 0.3) is 0 Å². The van der Waals surface area contributed by atoms with Gasteiger partial charge in [0, 0.05) is 30.1 Å². The summed E-state index contributed by atoms with van der Waals surface area (Å²) in [5.74, 6) is 0.880. The Bertz CT molecular complexity index is 523. The molecule has 16 heavy (non-hydrogen) atoms. The molecule has 0 unspecified atom stereocenters. The highest BCUT2D eigenvalue weighted by Gasteiger charge is 2.22. The highest BCUT2D eigenvalue weighted by molar-refractivity contribution is 5.85. The number of fused-ring (bicyclic) bond motifs is 1. The lowest BCUT2D eigenvalue weighted by atomic mass is 10.1. The summed E-state index contributed by atoms with van der Waals surface area (Å²) in [4.78, 5) is 10.6. The number of nitrogens with zero attached hydrogens (tertiary/aromatic N) is 1. The molecule has 1 aliphatic carbocycles. The summed E-state index contributed by atoms with van der Waals surface area (Å²) in [6, 6.07) is 8.37. The van der Waals surface area contributed by atoms with E-state index in [2.05, 4.69) is 22.9 Å². The molecule has 0 atom stereocenters. The first-order chi connectivity index (χ1) is 7.88. The lowest BCUT2D eigenvalue weighted by molar-refractivity contribution is -0.107. The Morgan fingerprint density at radius 2 is 2.19 bits per heavy atom. The van der Waals surface area contributed by atoms with E-state index in [0.717, 1.165) is 24.3 Å². The van der Waals surface area contributed by atoms with Gasteiger partial charge in [-0.2, -0.15) is 0 Å². The van der Waals surface area contributed by atoms with Crippen molar-refractivity contribution in [3.63, 3.8) is 0 Å². The summed E-state index contributed by atoms with van der Waals surface area (Å²) in [6.07, 6.45) is 6.39. The Labute approximate surface area is 94.9 Å². The van der Waals surface area contributed by atoms with Crippen molar-refractivity contribution in [3.05, 3.63) is 36.0 Å². The molecular formula is C14H15NO. The topological polar surface area (TPSA) is 22.0 Å². The summed E-state index contributed by atoms with van der Waals surface area (Å²) in [7, 11) is 0. The van der Waals surface area contributed by atoms with Crippen LogP contribution in [0.15, 0.2) is 30.5 Å². The fourth-order valence-corrected chi connectivity index (χ4v) is 2.29. The number of aldehydes is 1. The summed E-state index contributed by atoms with van der Waals surface area (Å²) >= 11 is 0. The second kappa shape index (κ2) is 3.78. The quantitative estimate of drug-likeness (QED) is 0.716. The molecule has 0 aliphatic heterocycles. The zero-order valence-corrected chi connectivity index (χ0v) is 9.23. The van der Waals surface area contributed by atoms with Crippen LogP contribution in [0, 0.1) is 5.92 Å². The van der Waals surface area contributed by atoms with E-state index in [9.17, 15) is 4.79 Å². The molecule has 1 aromatic heterocycles. The van der Waals surface area contributed by atoms with E-state index in [-0.39, 0.29) is 0 Å². The van der Waals surface area contributed by atoms with E-state index in [1.165, 1.54) is 23.7 Å². The Balaban J connectivity index is 2.04. The molecule has 0 spiro atoms. The van der Waals surface area contributed by atoms with Gasteiger partial charge in [-0.15, -0.1) is 0 Å². The van der Waals surface area contributed by atoms with Gasteiger partial charge in [-0.3, -0.25) is 0 Å². The van der Waals surface area contributed by atoms with Crippen LogP contribution < -0.4 is 0 Å². The minimum absolute atomic E-state index is 0.519. The summed E-state index contributed by atoms with van der Waals surface area (Å²) in [5, 5.41) is 1.23. The van der Waals surface area contributed by atoms with E-state index in [1.54, 1.807) is 0 Å². The maximum atomic E-state index is 10.6. The van der Waals surface area contributed by atoms with Crippen molar-refractivity contribution in [2.45, 2.75) is 25.8 Å². The Hall–Kier alpha value is -1.57. The van der Waals surface area contributed by atoms with Crippen molar-refractivity contribution < 1.29 is 4.79 Å². The Kier molecular flexibility index (Phi) is 2.28. The van der Waals surface area contributed by atoms with Crippen LogP contribution in [0.25, 0.3) is 10.9 Å². The van der Waals surface area contributed by atoms with Crippen molar-refractivity contribution in [1.82, 2.24) is 4.57 Å². The van der Waals surface area contributed by atoms with E-state index in [0.29, 0.717) is 6.42 Å². The van der Waals surface area contributed by atoms with Crippen LogP contribution in [-0.4, -0.2) is 10.9 Å². The molecule has 3 rings (SSSR count). The first-order valence-corrected chi connectivity index (χ1v) is 5.89. The second-order valence-electron chi connectivity index (χ2n) is 4.63. The predicted octanol–water partition coefficient (Wildman–Crippen LogP) is 2.79. The largest absolute Gasteiger partial charge is 0.347 e. The van der Waals surface area contributed by atoms with Crippen LogP contribution in [0.4, 0.5) is 0 Å². The zero-order chi connectivity index (χ0) is 11.0. The van der Waals surface area contributed by atoms with Crippen molar-refractivity contribution in [1.29, 1.82) is 0 Å². The summed E-state index contributed by atoms with van der Waals surface area (Å²) in [6.45, 7) is 1.13. The molecule has 2 aromatic rings. The average molecular weight is 213 g/mol. The van der Waals surface area contributed by atoms with E-state index in [1.807, 2.05) is 12.1 Å². The van der Waals surface area contributed by atoms with Crippen LogP contribution in [0.5, 0.6) is 0 Å². The normalized spacial score (nSPS) is 15.5. The fraction of sp³-hybridized carbons (Fsp3) is 0.357. The molecule has 0 saturated heterocycles. The van der Waals surface area contributed by atoms with Crippen LogP contribution >= 0.6 is 0 Å². The van der Waals surface area contributed by atoms with Gasteiger partial charge in [-0.05, 0) is 36.5 Å². The van der Waals surface area contributed by atoms with Crippen molar-refractivity contribution in [3.8, 4) is 0 Å². The van der Waals surface area contributed by atoms with Crippen LogP contribution in [0.3, 0.4) is 0 Å². The van der Waals surface area contributed by atoms with Crippen molar-refractivity contribution >= 4 is 17.2 Å². The Morgan fingerprint density at radius 3 is 2.94 bits per heavy atom. The third-order valence-electron chi connectivity index (χ3n) is 3.36. The molecule has 1 aliphatic rings. The average Bonchev–Trinajstić information content (AvgIpc) is 3.01. The molecule has 1 fully saturated rings. The lowest BCUT2D eigenvalue weighted by Crippen LogP contribution is -1.97. The minimum Gasteiger partial charge on any atom is -0.347 e. The van der Waals surface area contributed by atoms with Gasteiger partial charge >= 0.3 is 0 Å². The third-order valence-corrected chi connectivity index (χ3v) is 3.36. The van der Waals surface area contributed by atoms with Gasteiger partial charge in [-0.25, -0.2) is 0 Å². The van der Waals surface area contributed by atoms with Crippen molar-refractivity contribution in [2.24, 2.45) is 5.92 Å². The van der Waals surface area contributed by atoms with E-state index in [4.69, 9.17) is 0 Å². The van der Waals surface area contributed by atoms with Gasteiger partial charge < -0.3 is 9.36 Å². The molecule has 0 radical (unpaired) electrons. The van der Waals surface area contributed by atoms with Gasteiger partial charge in [0.15, 0.2) is 0 Å². The number of aromatic nitrogens is 1. The monoisotopic (exact) mass is 213 g/mol. The molecular weight excluding hydrogens is 198 g/mol. The molecule has 82 valence electrons. The fourth-order valence-electron chi connectivity index (χ4n) is 2.29. The highest BCUT2D eigenvalue weighted by atomic mass is 16.1. The molecule has 0 N–H and O–H groups in total. The summed E-state index contributed by atoms with van der Waals surface area (Å²) < 4.78 is 2.32. The zero-order valence-electron chi connectivity index (χ0n) is 9.23. The smallest absolute Gasteiger partial charge is 0.124 e. The molecule has 2 nitrogen and oxygen atoms in total. The van der Waals surface area contributed by atoms with Gasteiger partial charge in [0.2, 0.25) is 0 Å². The van der Waals surface area contributed by atoms with Gasteiger partial charge in [-0.1, -0.05) is 12.1 Å². The minimum atomic E-state index is 0.519. The number of rotatable bonds is 4.